The summed E-state index contributed by atoms with van der Waals surface area (Å²) in [5.41, 5.74) is 7.90. The smallest absolute Gasteiger partial charge is 0.325 e. The van der Waals surface area contributed by atoms with Crippen LogP contribution in [0, 0.1) is 0 Å². The Morgan fingerprint density at radius 1 is 1.24 bits per heavy atom. The van der Waals surface area contributed by atoms with E-state index in [2.05, 4.69) is 15.4 Å². The molecule has 186 valence electrons. The van der Waals surface area contributed by atoms with Crippen LogP contribution in [0.3, 0.4) is 0 Å². The van der Waals surface area contributed by atoms with E-state index in [0.29, 0.717) is 12.6 Å². The first-order valence-electron chi connectivity index (χ1n) is 11.0. The molecule has 2 aliphatic heterocycles. The minimum Gasteiger partial charge on any atom is -0.460 e. The number of nitrogens with one attached hydrogen (secondary N) is 2. The lowest BCUT2D eigenvalue weighted by Gasteiger charge is -2.43. The van der Waals surface area contributed by atoms with Gasteiger partial charge in [0.15, 0.2) is 0 Å². The van der Waals surface area contributed by atoms with Crippen LogP contribution in [0.4, 0.5) is 0 Å². The molecule has 0 saturated carbocycles. The molecule has 0 aliphatic carbocycles. The van der Waals surface area contributed by atoms with Crippen LogP contribution >= 0.6 is 0 Å². The van der Waals surface area contributed by atoms with Gasteiger partial charge in [-0.3, -0.25) is 33.8 Å². The third kappa shape index (κ3) is 6.95. The topological polar surface area (TPSA) is 179 Å². The number of esters is 1. The molecule has 2 rings (SSSR count). The number of ether oxygens (including phenoxy) is 1. The number of amides is 4. The van der Waals surface area contributed by atoms with E-state index in [1.807, 2.05) is 0 Å². The highest BCUT2D eigenvalue weighted by molar-refractivity contribution is 6.28. The second-order valence-electron chi connectivity index (χ2n) is 9.15. The zero-order valence-electron chi connectivity index (χ0n) is 19.7. The van der Waals surface area contributed by atoms with Crippen LogP contribution in [0.1, 0.15) is 59.8 Å². The number of fused-ring (bicyclic) bond motifs is 1. The summed E-state index contributed by atoms with van der Waals surface area (Å²) in [6, 6.07) is -3.56. The van der Waals surface area contributed by atoms with Crippen LogP contribution in [0.15, 0.2) is 0 Å². The Balaban J connectivity index is 2.28. The van der Waals surface area contributed by atoms with Crippen LogP contribution in [0.5, 0.6) is 0 Å². The van der Waals surface area contributed by atoms with E-state index in [4.69, 9.17) is 10.3 Å². The second kappa shape index (κ2) is 11.0. The highest BCUT2D eigenvalue weighted by atomic mass is 16.6. The van der Waals surface area contributed by atoms with Crippen LogP contribution in [0.25, 0.3) is 5.53 Å². The molecule has 0 spiro atoms. The SMILES string of the molecule is CC(=O)NC1CCC(=O)N2CCCC(C(=O)NC(CC(=O)OC(C)(C)C)C(=O)C=[N+]=[N-])N2C1=O. The fraction of sp³-hybridized carbons (Fsp3) is 0.667. The third-order valence-electron chi connectivity index (χ3n) is 5.18. The number of carbonyl (C=O) groups is 6. The zero-order chi connectivity index (χ0) is 25.6. The maximum Gasteiger partial charge on any atom is 0.325 e. The van der Waals surface area contributed by atoms with Gasteiger partial charge in [-0.15, -0.1) is 0 Å². The first-order chi connectivity index (χ1) is 15.8. The van der Waals surface area contributed by atoms with Gasteiger partial charge in [0.05, 0.1) is 6.42 Å². The van der Waals surface area contributed by atoms with Gasteiger partial charge in [0, 0.05) is 19.9 Å². The van der Waals surface area contributed by atoms with Crippen molar-refractivity contribution in [3.63, 3.8) is 0 Å². The van der Waals surface area contributed by atoms with Crippen molar-refractivity contribution in [2.45, 2.75) is 83.5 Å². The number of rotatable bonds is 7. The van der Waals surface area contributed by atoms with Gasteiger partial charge in [0.25, 0.3) is 11.7 Å². The number of hydrazine groups is 1. The van der Waals surface area contributed by atoms with Crippen LogP contribution in [-0.2, 0) is 33.5 Å². The Hall–Kier alpha value is -3.60. The van der Waals surface area contributed by atoms with Gasteiger partial charge in [0.2, 0.25) is 17.7 Å². The minimum absolute atomic E-state index is 0.00818. The summed E-state index contributed by atoms with van der Waals surface area (Å²) in [5, 5.41) is 7.15. The Labute approximate surface area is 196 Å². The van der Waals surface area contributed by atoms with Crippen LogP contribution in [-0.4, -0.2) is 86.7 Å². The van der Waals surface area contributed by atoms with Gasteiger partial charge in [-0.2, -0.15) is 4.79 Å². The maximum atomic E-state index is 13.2. The molecule has 4 amide bonds. The Kier molecular flexibility index (Phi) is 8.63. The molecule has 0 radical (unpaired) electrons. The van der Waals surface area contributed by atoms with Crippen molar-refractivity contribution in [2.75, 3.05) is 6.54 Å². The number of hydrogen-bond donors (Lipinski definition) is 2. The fourth-order valence-corrected chi connectivity index (χ4v) is 3.84. The minimum atomic E-state index is -1.42. The molecule has 3 unspecified atom stereocenters. The van der Waals surface area contributed by atoms with E-state index < -0.39 is 59.6 Å². The van der Waals surface area contributed by atoms with Gasteiger partial charge in [-0.05, 0) is 40.0 Å². The van der Waals surface area contributed by atoms with E-state index in [9.17, 15) is 28.8 Å². The lowest BCUT2D eigenvalue weighted by atomic mass is 10.0. The van der Waals surface area contributed by atoms with Crippen molar-refractivity contribution in [1.82, 2.24) is 20.7 Å². The lowest BCUT2D eigenvalue weighted by Crippen LogP contribution is -2.64. The van der Waals surface area contributed by atoms with Crippen molar-refractivity contribution < 1.29 is 38.3 Å². The quantitative estimate of drug-likeness (QED) is 0.206. The molecule has 0 aromatic carbocycles. The van der Waals surface area contributed by atoms with E-state index >= 15 is 0 Å². The first-order valence-corrected chi connectivity index (χ1v) is 11.0. The summed E-state index contributed by atoms with van der Waals surface area (Å²) in [7, 11) is 0. The van der Waals surface area contributed by atoms with E-state index in [0.717, 1.165) is 5.01 Å². The van der Waals surface area contributed by atoms with Crippen molar-refractivity contribution >= 4 is 41.6 Å². The molecule has 0 aromatic rings. The number of Topliss-reactive ketones (excluding diaryl/α,β-unsaturated/α-hetero) is 1. The molecule has 2 N–H and O–H groups in total. The molecule has 2 saturated heterocycles. The lowest BCUT2D eigenvalue weighted by molar-refractivity contribution is -0.176. The monoisotopic (exact) mass is 478 g/mol. The standard InChI is InChI=1S/C21H30N6O7/c1-12(28)24-13-7-8-17(30)26-9-5-6-15(27(26)20(13)33)19(32)25-14(16(29)11-23-22)10-18(31)34-21(2,3)4/h11,13-15H,5-10H2,1-4H3,(H,24,28)(H,25,32). The molecule has 13 heteroatoms. The van der Waals surface area contributed by atoms with Crippen molar-refractivity contribution in [3.8, 4) is 0 Å². The Bertz CT molecular complexity index is 921. The zero-order valence-corrected chi connectivity index (χ0v) is 19.7. The van der Waals surface area contributed by atoms with E-state index in [-0.39, 0.29) is 31.7 Å². The van der Waals surface area contributed by atoms with Crippen molar-refractivity contribution in [1.29, 1.82) is 0 Å². The summed E-state index contributed by atoms with van der Waals surface area (Å²) >= 11 is 0. The molecule has 13 nitrogen and oxygen atoms in total. The largest absolute Gasteiger partial charge is 0.460 e. The third-order valence-corrected chi connectivity index (χ3v) is 5.18. The normalized spacial score (nSPS) is 21.4. The van der Waals surface area contributed by atoms with Crippen molar-refractivity contribution in [3.05, 3.63) is 5.53 Å². The van der Waals surface area contributed by atoms with Crippen molar-refractivity contribution in [2.24, 2.45) is 0 Å². The predicted octanol–water partition coefficient (Wildman–Crippen LogP) is -0.894. The number of nitrogens with zero attached hydrogens (tertiary/aromatic N) is 4. The Morgan fingerprint density at radius 2 is 1.91 bits per heavy atom. The molecule has 3 atom stereocenters. The molecule has 0 aromatic heterocycles. The number of ketones is 1. The average Bonchev–Trinajstić information content (AvgIpc) is 2.84. The van der Waals surface area contributed by atoms with Crippen LogP contribution in [0.2, 0.25) is 0 Å². The fourth-order valence-electron chi connectivity index (χ4n) is 3.84. The molecule has 34 heavy (non-hydrogen) atoms. The van der Waals surface area contributed by atoms with Gasteiger partial charge >= 0.3 is 12.2 Å². The van der Waals surface area contributed by atoms with E-state index in [1.165, 1.54) is 11.9 Å². The van der Waals surface area contributed by atoms with Gasteiger partial charge in [-0.1, -0.05) is 0 Å². The van der Waals surface area contributed by atoms with Crippen LogP contribution < -0.4 is 10.6 Å². The molecular formula is C21H30N6O7. The second-order valence-corrected chi connectivity index (χ2v) is 9.15. The maximum absolute atomic E-state index is 13.2. The summed E-state index contributed by atoms with van der Waals surface area (Å²) in [5.74, 6) is -3.84. The molecule has 0 bridgehead atoms. The molecule has 2 heterocycles. The summed E-state index contributed by atoms with van der Waals surface area (Å²) in [6.45, 7) is 6.38. The predicted molar refractivity (Wildman–Crippen MR) is 116 cm³/mol. The summed E-state index contributed by atoms with van der Waals surface area (Å²) < 4.78 is 5.20. The molecule has 2 fully saturated rings. The van der Waals surface area contributed by atoms with Gasteiger partial charge < -0.3 is 20.9 Å². The summed E-state index contributed by atoms with van der Waals surface area (Å²) in [6.07, 6.45) is 0.720. The first kappa shape index (κ1) is 26.7. The Morgan fingerprint density at radius 3 is 2.50 bits per heavy atom. The average molecular weight is 479 g/mol. The number of carbonyl (C=O) groups excluding carboxylic acids is 6. The van der Waals surface area contributed by atoms with Gasteiger partial charge in [0.1, 0.15) is 23.7 Å². The number of hydrogen-bond acceptors (Lipinski definition) is 7. The summed E-state index contributed by atoms with van der Waals surface area (Å²) in [4.78, 5) is 77.8. The highest BCUT2D eigenvalue weighted by Crippen LogP contribution is 2.25. The van der Waals surface area contributed by atoms with Gasteiger partial charge in [-0.25, -0.2) is 5.01 Å². The highest BCUT2D eigenvalue weighted by Gasteiger charge is 2.45. The van der Waals surface area contributed by atoms with E-state index in [1.54, 1.807) is 20.8 Å². The molecule has 2 aliphatic rings. The molecular weight excluding hydrogens is 448 g/mol.